The summed E-state index contributed by atoms with van der Waals surface area (Å²) < 4.78 is 12.8. The van der Waals surface area contributed by atoms with Crippen LogP contribution < -0.4 is 0 Å². The number of likely N-dealkylation sites (tertiary alicyclic amines) is 1. The van der Waals surface area contributed by atoms with E-state index in [9.17, 15) is 14.0 Å². The van der Waals surface area contributed by atoms with Gasteiger partial charge in [0.1, 0.15) is 11.9 Å². The molecule has 6 heteroatoms. The lowest BCUT2D eigenvalue weighted by Gasteiger charge is -2.24. The van der Waals surface area contributed by atoms with E-state index in [0.717, 1.165) is 12.0 Å². The van der Waals surface area contributed by atoms with Gasteiger partial charge in [0.05, 0.1) is 6.54 Å². The number of hydrogen-bond acceptors (Lipinski definition) is 3. The highest BCUT2D eigenvalue weighted by Crippen LogP contribution is 2.17. The van der Waals surface area contributed by atoms with Gasteiger partial charge in [-0.15, -0.1) is 0 Å². The summed E-state index contributed by atoms with van der Waals surface area (Å²) in [6.45, 7) is 1.12. The van der Waals surface area contributed by atoms with Crippen molar-refractivity contribution >= 4 is 11.9 Å². The lowest BCUT2D eigenvalue weighted by molar-refractivity contribution is -0.143. The van der Waals surface area contributed by atoms with Crippen molar-refractivity contribution in [2.24, 2.45) is 0 Å². The predicted octanol–water partition coefficient (Wildman–Crippen LogP) is 1.33. The molecule has 1 heterocycles. The molecule has 0 aromatic heterocycles. The predicted molar refractivity (Wildman–Crippen MR) is 75.1 cm³/mol. The Hall–Kier alpha value is -1.95. The first kappa shape index (κ1) is 15.4. The summed E-state index contributed by atoms with van der Waals surface area (Å²) in [4.78, 5) is 26.5. The molecule has 1 aromatic carbocycles. The van der Waals surface area contributed by atoms with Crippen LogP contribution in [0.5, 0.6) is 0 Å². The summed E-state index contributed by atoms with van der Waals surface area (Å²) in [6.07, 6.45) is 1.39. The van der Waals surface area contributed by atoms with Crippen LogP contribution in [0.25, 0.3) is 0 Å². The average molecular weight is 294 g/mol. The molecule has 1 saturated heterocycles. The van der Waals surface area contributed by atoms with Gasteiger partial charge < -0.3 is 10.0 Å². The second-order valence-corrected chi connectivity index (χ2v) is 5.34. The zero-order valence-corrected chi connectivity index (χ0v) is 12.0. The van der Waals surface area contributed by atoms with Crippen molar-refractivity contribution in [3.63, 3.8) is 0 Å². The molecule has 1 atom stereocenters. The largest absolute Gasteiger partial charge is 0.480 e. The van der Waals surface area contributed by atoms with Crippen LogP contribution in [0.2, 0.25) is 0 Å². The highest BCUT2D eigenvalue weighted by molar-refractivity contribution is 5.80. The van der Waals surface area contributed by atoms with Crippen LogP contribution >= 0.6 is 0 Å². The summed E-state index contributed by atoms with van der Waals surface area (Å²) in [6, 6.07) is 5.42. The summed E-state index contributed by atoms with van der Waals surface area (Å²) in [5.74, 6) is -1.32. The fraction of sp³-hybridized carbons (Fsp3) is 0.467. The Morgan fingerprint density at radius 3 is 2.67 bits per heavy atom. The normalized spacial score (nSPS) is 18.7. The van der Waals surface area contributed by atoms with E-state index in [1.165, 1.54) is 17.0 Å². The molecule has 0 radical (unpaired) electrons. The molecular weight excluding hydrogens is 275 g/mol. The third kappa shape index (κ3) is 4.01. The fourth-order valence-electron chi connectivity index (χ4n) is 2.54. The Kier molecular flexibility index (Phi) is 4.90. The average Bonchev–Trinajstić information content (AvgIpc) is 2.89. The van der Waals surface area contributed by atoms with Crippen LogP contribution in [-0.4, -0.2) is 53.0 Å². The zero-order valence-electron chi connectivity index (χ0n) is 12.0. The lowest BCUT2D eigenvalue weighted by Crippen LogP contribution is -2.43. The number of carboxylic acids is 1. The maximum atomic E-state index is 12.8. The minimum atomic E-state index is -0.874. The molecule has 1 aliphatic heterocycles. The molecule has 1 unspecified atom stereocenters. The number of likely N-dealkylation sites (N-methyl/N-ethyl adjacent to an activating group) is 1. The van der Waals surface area contributed by atoms with E-state index in [0.29, 0.717) is 19.5 Å². The minimum absolute atomic E-state index is 0.106. The van der Waals surface area contributed by atoms with Crippen molar-refractivity contribution in [2.45, 2.75) is 25.4 Å². The van der Waals surface area contributed by atoms with Gasteiger partial charge in [0.15, 0.2) is 0 Å². The Balaban J connectivity index is 1.90. The summed E-state index contributed by atoms with van der Waals surface area (Å²) in [7, 11) is 1.66. The zero-order chi connectivity index (χ0) is 15.4. The first-order chi connectivity index (χ1) is 9.97. The number of nitrogens with zero attached hydrogens (tertiary/aromatic N) is 2. The Morgan fingerprint density at radius 1 is 1.38 bits per heavy atom. The molecule has 1 aliphatic rings. The molecular formula is C15H19FN2O3. The van der Waals surface area contributed by atoms with E-state index in [2.05, 4.69) is 0 Å². The van der Waals surface area contributed by atoms with E-state index in [1.807, 2.05) is 0 Å². The molecule has 1 amide bonds. The number of amides is 1. The molecule has 0 spiro atoms. The van der Waals surface area contributed by atoms with Crippen LogP contribution in [0.3, 0.4) is 0 Å². The van der Waals surface area contributed by atoms with Gasteiger partial charge >= 0.3 is 5.97 Å². The number of benzene rings is 1. The maximum Gasteiger partial charge on any atom is 0.320 e. The quantitative estimate of drug-likeness (QED) is 0.890. The molecule has 5 nitrogen and oxygen atoms in total. The molecule has 1 aromatic rings. The second kappa shape index (κ2) is 6.67. The number of halogens is 1. The van der Waals surface area contributed by atoms with E-state index in [4.69, 9.17) is 5.11 Å². The molecule has 21 heavy (non-hydrogen) atoms. The number of carboxylic acid groups (broad SMARTS) is 1. The van der Waals surface area contributed by atoms with E-state index >= 15 is 0 Å². The molecule has 2 rings (SSSR count). The van der Waals surface area contributed by atoms with Gasteiger partial charge in [-0.3, -0.25) is 14.5 Å². The van der Waals surface area contributed by atoms with Crippen molar-refractivity contribution in [1.29, 1.82) is 0 Å². The van der Waals surface area contributed by atoms with Crippen molar-refractivity contribution in [3.8, 4) is 0 Å². The van der Waals surface area contributed by atoms with Crippen molar-refractivity contribution in [3.05, 3.63) is 35.6 Å². The second-order valence-electron chi connectivity index (χ2n) is 5.34. The van der Waals surface area contributed by atoms with E-state index < -0.39 is 12.0 Å². The van der Waals surface area contributed by atoms with Crippen molar-refractivity contribution in [2.75, 3.05) is 20.1 Å². The molecule has 1 N–H and O–H groups in total. The first-order valence-corrected chi connectivity index (χ1v) is 6.92. The standard InChI is InChI=1S/C15H19FN2O3/c1-17(9-11-4-6-12(16)7-5-11)14(19)10-18-8-2-3-13(18)15(20)21/h4-7,13H,2-3,8-10H2,1H3,(H,20,21). The summed E-state index contributed by atoms with van der Waals surface area (Å²) in [5, 5.41) is 9.09. The monoisotopic (exact) mass is 294 g/mol. The van der Waals surface area contributed by atoms with Crippen LogP contribution in [-0.2, 0) is 16.1 Å². The number of hydrogen-bond donors (Lipinski definition) is 1. The third-order valence-corrected chi connectivity index (χ3v) is 3.75. The third-order valence-electron chi connectivity index (χ3n) is 3.75. The maximum absolute atomic E-state index is 12.8. The Morgan fingerprint density at radius 2 is 2.05 bits per heavy atom. The summed E-state index contributed by atoms with van der Waals surface area (Å²) in [5.41, 5.74) is 0.837. The molecule has 0 bridgehead atoms. The van der Waals surface area contributed by atoms with Crippen LogP contribution in [0.15, 0.2) is 24.3 Å². The van der Waals surface area contributed by atoms with Crippen LogP contribution in [0, 0.1) is 5.82 Å². The highest BCUT2D eigenvalue weighted by Gasteiger charge is 2.32. The van der Waals surface area contributed by atoms with Gasteiger partial charge in [-0.25, -0.2) is 4.39 Å². The van der Waals surface area contributed by atoms with Gasteiger partial charge in [0, 0.05) is 13.6 Å². The summed E-state index contributed by atoms with van der Waals surface area (Å²) >= 11 is 0. The molecule has 114 valence electrons. The Labute approximate surface area is 123 Å². The SMILES string of the molecule is CN(Cc1ccc(F)cc1)C(=O)CN1CCCC1C(=O)O. The van der Waals surface area contributed by atoms with E-state index in [1.54, 1.807) is 24.1 Å². The molecule has 1 fully saturated rings. The number of carbonyl (C=O) groups excluding carboxylic acids is 1. The molecule has 0 saturated carbocycles. The highest BCUT2D eigenvalue weighted by atomic mass is 19.1. The lowest BCUT2D eigenvalue weighted by atomic mass is 10.2. The number of carbonyl (C=O) groups is 2. The van der Waals surface area contributed by atoms with Gasteiger partial charge in [0.25, 0.3) is 0 Å². The van der Waals surface area contributed by atoms with Gasteiger partial charge in [0.2, 0.25) is 5.91 Å². The van der Waals surface area contributed by atoms with Crippen LogP contribution in [0.4, 0.5) is 4.39 Å². The van der Waals surface area contributed by atoms with E-state index in [-0.39, 0.29) is 18.3 Å². The van der Waals surface area contributed by atoms with Crippen molar-refractivity contribution in [1.82, 2.24) is 9.80 Å². The number of rotatable bonds is 5. The minimum Gasteiger partial charge on any atom is -0.480 e. The van der Waals surface area contributed by atoms with Gasteiger partial charge in [-0.1, -0.05) is 12.1 Å². The Bertz CT molecular complexity index is 518. The van der Waals surface area contributed by atoms with Crippen molar-refractivity contribution < 1.29 is 19.1 Å². The fourth-order valence-corrected chi connectivity index (χ4v) is 2.54. The van der Waals surface area contributed by atoms with Gasteiger partial charge in [-0.2, -0.15) is 0 Å². The molecule has 0 aliphatic carbocycles. The van der Waals surface area contributed by atoms with Gasteiger partial charge in [-0.05, 0) is 37.1 Å². The first-order valence-electron chi connectivity index (χ1n) is 6.92. The topological polar surface area (TPSA) is 60.9 Å². The van der Waals surface area contributed by atoms with Crippen LogP contribution in [0.1, 0.15) is 18.4 Å². The smallest absolute Gasteiger partial charge is 0.320 e. The number of aliphatic carboxylic acids is 1.